The normalized spacial score (nSPS) is 10.4. The Balaban J connectivity index is 2.57. The first-order valence-electron chi connectivity index (χ1n) is 4.80. The number of hydrogen-bond donors (Lipinski definition) is 1. The number of hydrogen-bond acceptors (Lipinski definition) is 2. The van der Waals surface area contributed by atoms with E-state index < -0.39 is 0 Å². The van der Waals surface area contributed by atoms with Crippen molar-refractivity contribution in [2.75, 3.05) is 5.73 Å². The smallest absolute Gasteiger partial charge is 0.252 e. The molecule has 0 aliphatic carbocycles. The van der Waals surface area contributed by atoms with Gasteiger partial charge in [-0.3, -0.25) is 9.36 Å². The topological polar surface area (TPSA) is 48.0 Å². The van der Waals surface area contributed by atoms with Crippen molar-refractivity contribution in [3.8, 4) is 11.1 Å². The van der Waals surface area contributed by atoms with E-state index in [-0.39, 0.29) is 11.4 Å². The molecule has 0 fully saturated rings. The molecule has 0 saturated heterocycles. The summed E-state index contributed by atoms with van der Waals surface area (Å²) in [6.07, 6.45) is 0. The first-order chi connectivity index (χ1) is 7.58. The summed E-state index contributed by atoms with van der Waals surface area (Å²) < 4.78 is 14.1. The van der Waals surface area contributed by atoms with Crippen LogP contribution in [-0.2, 0) is 7.05 Å². The monoisotopic (exact) mass is 218 g/mol. The lowest BCUT2D eigenvalue weighted by Gasteiger charge is -2.06. The number of anilines is 1. The van der Waals surface area contributed by atoms with Crippen LogP contribution in [0.2, 0.25) is 0 Å². The summed E-state index contributed by atoms with van der Waals surface area (Å²) in [7, 11) is 1.60. The fourth-order valence-electron chi connectivity index (χ4n) is 1.46. The van der Waals surface area contributed by atoms with Gasteiger partial charge in [0.15, 0.2) is 0 Å². The van der Waals surface area contributed by atoms with Gasteiger partial charge in [-0.25, -0.2) is 4.39 Å². The van der Waals surface area contributed by atoms with Gasteiger partial charge in [0.1, 0.15) is 11.6 Å². The molecule has 3 nitrogen and oxygen atoms in total. The molecule has 1 heterocycles. The SMILES string of the molecule is Cn1c(N)cc(-c2ccc(F)cc2)cc1=O. The van der Waals surface area contributed by atoms with Crippen LogP contribution in [0, 0.1) is 5.82 Å². The van der Waals surface area contributed by atoms with Gasteiger partial charge in [-0.2, -0.15) is 0 Å². The number of nitrogen functional groups attached to an aromatic ring is 1. The summed E-state index contributed by atoms with van der Waals surface area (Å²) in [6, 6.07) is 9.09. The number of benzene rings is 1. The quantitative estimate of drug-likeness (QED) is 0.793. The third-order valence-corrected chi connectivity index (χ3v) is 2.48. The summed E-state index contributed by atoms with van der Waals surface area (Å²) in [5.41, 5.74) is 6.96. The van der Waals surface area contributed by atoms with Gasteiger partial charge < -0.3 is 5.73 Å². The molecule has 0 saturated carbocycles. The van der Waals surface area contributed by atoms with Gasteiger partial charge in [0.25, 0.3) is 5.56 Å². The summed E-state index contributed by atoms with van der Waals surface area (Å²) in [5.74, 6) is 0.0763. The number of rotatable bonds is 1. The van der Waals surface area contributed by atoms with Crippen molar-refractivity contribution in [2.24, 2.45) is 7.05 Å². The molecule has 1 aromatic heterocycles. The van der Waals surface area contributed by atoms with E-state index in [0.29, 0.717) is 11.4 Å². The number of nitrogens with zero attached hydrogens (tertiary/aromatic N) is 1. The second kappa shape index (κ2) is 3.81. The molecule has 4 heteroatoms. The molecular weight excluding hydrogens is 207 g/mol. The molecule has 0 amide bonds. The minimum Gasteiger partial charge on any atom is -0.385 e. The fraction of sp³-hybridized carbons (Fsp3) is 0.0833. The number of pyridine rings is 1. The van der Waals surface area contributed by atoms with E-state index in [1.54, 1.807) is 25.2 Å². The van der Waals surface area contributed by atoms with Crippen LogP contribution in [0.25, 0.3) is 11.1 Å². The van der Waals surface area contributed by atoms with Crippen LogP contribution < -0.4 is 11.3 Å². The summed E-state index contributed by atoms with van der Waals surface area (Å²) >= 11 is 0. The van der Waals surface area contributed by atoms with Crippen molar-refractivity contribution in [1.29, 1.82) is 0 Å². The predicted molar refractivity (Wildman–Crippen MR) is 61.5 cm³/mol. The number of aromatic nitrogens is 1. The lowest BCUT2D eigenvalue weighted by molar-refractivity contribution is 0.628. The Hall–Kier alpha value is -2.10. The summed E-state index contributed by atoms with van der Waals surface area (Å²) in [6.45, 7) is 0. The maximum absolute atomic E-state index is 12.7. The van der Waals surface area contributed by atoms with Gasteiger partial charge in [0, 0.05) is 13.1 Å². The number of halogens is 1. The molecular formula is C12H11FN2O. The second-order valence-electron chi connectivity index (χ2n) is 3.57. The van der Waals surface area contributed by atoms with Crippen LogP contribution in [-0.4, -0.2) is 4.57 Å². The first kappa shape index (κ1) is 10.4. The molecule has 0 aliphatic heterocycles. The standard InChI is InChI=1S/C12H11FN2O/c1-15-11(14)6-9(7-12(15)16)8-2-4-10(13)5-3-8/h2-7H,14H2,1H3. The Kier molecular flexibility index (Phi) is 2.48. The van der Waals surface area contributed by atoms with E-state index >= 15 is 0 Å². The van der Waals surface area contributed by atoms with E-state index in [0.717, 1.165) is 5.56 Å². The van der Waals surface area contributed by atoms with E-state index in [1.807, 2.05) is 0 Å². The van der Waals surface area contributed by atoms with Crippen molar-refractivity contribution >= 4 is 5.82 Å². The minimum atomic E-state index is -0.305. The van der Waals surface area contributed by atoms with Crippen LogP contribution in [0.4, 0.5) is 10.2 Å². The Morgan fingerprint density at radius 1 is 1.12 bits per heavy atom. The highest BCUT2D eigenvalue weighted by molar-refractivity contribution is 5.65. The fourth-order valence-corrected chi connectivity index (χ4v) is 1.46. The van der Waals surface area contributed by atoms with Gasteiger partial charge in [0.05, 0.1) is 0 Å². The third-order valence-electron chi connectivity index (χ3n) is 2.48. The Labute approximate surface area is 92.0 Å². The highest BCUT2D eigenvalue weighted by atomic mass is 19.1. The first-order valence-corrected chi connectivity index (χ1v) is 4.80. The lowest BCUT2D eigenvalue weighted by atomic mass is 10.1. The molecule has 0 spiro atoms. The van der Waals surface area contributed by atoms with Crippen molar-refractivity contribution in [1.82, 2.24) is 4.57 Å². The lowest BCUT2D eigenvalue weighted by Crippen LogP contribution is -2.18. The Bertz CT molecular complexity index is 573. The minimum absolute atomic E-state index is 0.181. The van der Waals surface area contributed by atoms with Crippen LogP contribution in [0.15, 0.2) is 41.2 Å². The molecule has 2 N–H and O–H groups in total. The van der Waals surface area contributed by atoms with Gasteiger partial charge in [0.2, 0.25) is 0 Å². The molecule has 2 rings (SSSR count). The number of nitrogens with two attached hydrogens (primary N) is 1. The van der Waals surface area contributed by atoms with E-state index in [1.165, 1.54) is 22.8 Å². The van der Waals surface area contributed by atoms with Gasteiger partial charge in [-0.05, 0) is 29.3 Å². The summed E-state index contributed by atoms with van der Waals surface area (Å²) in [5, 5.41) is 0. The third kappa shape index (κ3) is 1.82. The van der Waals surface area contributed by atoms with Crippen LogP contribution >= 0.6 is 0 Å². The van der Waals surface area contributed by atoms with Gasteiger partial charge >= 0.3 is 0 Å². The molecule has 82 valence electrons. The van der Waals surface area contributed by atoms with Crippen LogP contribution in [0.1, 0.15) is 0 Å². The Morgan fingerprint density at radius 3 is 2.31 bits per heavy atom. The highest BCUT2D eigenvalue weighted by Crippen LogP contribution is 2.19. The van der Waals surface area contributed by atoms with Crippen LogP contribution in [0.3, 0.4) is 0 Å². The van der Waals surface area contributed by atoms with Crippen molar-refractivity contribution in [3.05, 3.63) is 52.6 Å². The van der Waals surface area contributed by atoms with Crippen LogP contribution in [0.5, 0.6) is 0 Å². The molecule has 0 bridgehead atoms. The largest absolute Gasteiger partial charge is 0.385 e. The van der Waals surface area contributed by atoms with Crippen molar-refractivity contribution in [3.63, 3.8) is 0 Å². The molecule has 0 aliphatic rings. The van der Waals surface area contributed by atoms with E-state index in [2.05, 4.69) is 0 Å². The molecule has 0 radical (unpaired) electrons. The highest BCUT2D eigenvalue weighted by Gasteiger charge is 2.03. The maximum Gasteiger partial charge on any atom is 0.252 e. The van der Waals surface area contributed by atoms with E-state index in [9.17, 15) is 9.18 Å². The predicted octanol–water partition coefficient (Wildman–Crippen LogP) is 1.77. The molecule has 2 aromatic rings. The zero-order chi connectivity index (χ0) is 11.7. The molecule has 0 unspecified atom stereocenters. The zero-order valence-corrected chi connectivity index (χ0v) is 8.77. The average molecular weight is 218 g/mol. The maximum atomic E-state index is 12.7. The molecule has 1 aromatic carbocycles. The molecule has 0 atom stereocenters. The second-order valence-corrected chi connectivity index (χ2v) is 3.57. The average Bonchev–Trinajstić information content (AvgIpc) is 2.26. The Morgan fingerprint density at radius 2 is 1.75 bits per heavy atom. The zero-order valence-electron chi connectivity index (χ0n) is 8.77. The molecule has 16 heavy (non-hydrogen) atoms. The summed E-state index contributed by atoms with van der Waals surface area (Å²) in [4.78, 5) is 11.5. The van der Waals surface area contributed by atoms with Crippen molar-refractivity contribution in [2.45, 2.75) is 0 Å². The van der Waals surface area contributed by atoms with Crippen molar-refractivity contribution < 1.29 is 4.39 Å². The van der Waals surface area contributed by atoms with Gasteiger partial charge in [-0.1, -0.05) is 12.1 Å². The van der Waals surface area contributed by atoms with E-state index in [4.69, 9.17) is 5.73 Å². The van der Waals surface area contributed by atoms with Gasteiger partial charge in [-0.15, -0.1) is 0 Å².